The molecular weight excluding hydrogens is 973 g/mol. The van der Waals surface area contributed by atoms with Gasteiger partial charge >= 0.3 is 0 Å². The van der Waals surface area contributed by atoms with Crippen LogP contribution in [0.1, 0.15) is 51.4 Å². The Morgan fingerprint density at radius 1 is 0.308 bits per heavy atom. The molecule has 12 nitrogen and oxygen atoms in total. The summed E-state index contributed by atoms with van der Waals surface area (Å²) in [6.07, 6.45) is 8.94. The van der Waals surface area contributed by atoms with Gasteiger partial charge in [-0.05, 0) is 160 Å². The molecule has 0 spiro atoms. The molecule has 4 N–H and O–H groups in total. The van der Waals surface area contributed by atoms with Crippen LogP contribution in [0.25, 0.3) is 0 Å². The van der Waals surface area contributed by atoms with E-state index >= 15 is 0 Å². The molecule has 392 valence electrons. The van der Waals surface area contributed by atoms with Crippen LogP contribution in [-0.2, 0) is 18.9 Å². The molecule has 0 aliphatic carbocycles. The van der Waals surface area contributed by atoms with Crippen LogP contribution in [0.5, 0.6) is 0 Å². The highest BCUT2D eigenvalue weighted by Gasteiger charge is 2.32. The molecule has 0 radical (unpaired) electrons. The van der Waals surface area contributed by atoms with Gasteiger partial charge in [0.25, 0.3) is 0 Å². The molecule has 0 rings (SSSR count). The SMILES string of the molecule is CNCCCN(C)CCSSCCCOCC(COCCCSSCCN(C)CCCNC)(COCCCSSCCN(C)CCCNC)COCCCSSCCN(C)CCCNC. The Morgan fingerprint density at radius 3 is 0.738 bits per heavy atom. The van der Waals surface area contributed by atoms with E-state index in [-0.39, 0.29) is 5.41 Å². The zero-order valence-electron chi connectivity index (χ0n) is 42.6. The maximum absolute atomic E-state index is 6.50. The fraction of sp³-hybridized carbons (Fsp3) is 1.00. The lowest BCUT2D eigenvalue weighted by atomic mass is 9.92. The van der Waals surface area contributed by atoms with E-state index in [1.807, 2.05) is 115 Å². The van der Waals surface area contributed by atoms with E-state index < -0.39 is 0 Å². The zero-order chi connectivity index (χ0) is 47.6. The minimum atomic E-state index is -0.334. The van der Waals surface area contributed by atoms with Gasteiger partial charge in [0, 0.05) is 98.6 Å². The molecule has 0 unspecified atom stereocenters. The fourth-order valence-electron chi connectivity index (χ4n) is 6.08. The first-order chi connectivity index (χ1) is 31.8. The van der Waals surface area contributed by atoms with Crippen molar-refractivity contribution in [3.8, 4) is 0 Å². The molecule has 0 fully saturated rings. The molecule has 0 aliphatic heterocycles. The molecule has 0 amide bonds. The van der Waals surface area contributed by atoms with E-state index in [2.05, 4.69) is 69.1 Å². The Morgan fingerprint density at radius 2 is 0.523 bits per heavy atom. The Bertz CT molecular complexity index is 803. The lowest BCUT2D eigenvalue weighted by Crippen LogP contribution is -2.42. The molecule has 0 saturated heterocycles. The molecule has 0 atom stereocenters. The zero-order valence-corrected chi connectivity index (χ0v) is 49.2. The van der Waals surface area contributed by atoms with Gasteiger partial charge in [-0.3, -0.25) is 0 Å². The monoisotopic (exact) mass is 1070 g/mol. The molecule has 0 aromatic heterocycles. The van der Waals surface area contributed by atoms with E-state index in [1.165, 1.54) is 25.7 Å². The number of hydrogen-bond acceptors (Lipinski definition) is 20. The fourth-order valence-corrected chi connectivity index (χ4v) is 14.6. The second-order valence-corrected chi connectivity index (χ2v) is 27.6. The highest BCUT2D eigenvalue weighted by atomic mass is 33.1. The molecule has 0 aromatic rings. The van der Waals surface area contributed by atoms with Gasteiger partial charge in [-0.1, -0.05) is 86.4 Å². The molecule has 20 heteroatoms. The molecular formula is C45H100N8O4S8. The van der Waals surface area contributed by atoms with Gasteiger partial charge in [0.2, 0.25) is 0 Å². The Kier molecular flexibility index (Phi) is 56.0. The molecule has 0 saturated carbocycles. The highest BCUT2D eigenvalue weighted by Crippen LogP contribution is 2.27. The summed E-state index contributed by atoms with van der Waals surface area (Å²) in [7, 11) is 32.9. The van der Waals surface area contributed by atoms with Gasteiger partial charge < -0.3 is 59.8 Å². The third-order valence-corrected chi connectivity index (χ3v) is 20.0. The average Bonchev–Trinajstić information content (AvgIpc) is 3.29. The topological polar surface area (TPSA) is 98.0 Å². The maximum atomic E-state index is 6.50. The normalized spacial score (nSPS) is 12.4. The van der Waals surface area contributed by atoms with E-state index in [4.69, 9.17) is 18.9 Å². The second-order valence-electron chi connectivity index (χ2n) is 16.7. The van der Waals surface area contributed by atoms with Crippen molar-refractivity contribution < 1.29 is 18.9 Å². The summed E-state index contributed by atoms with van der Waals surface area (Å²) in [4.78, 5) is 9.74. The second kappa shape index (κ2) is 54.1. The number of nitrogens with one attached hydrogen (secondary N) is 4. The van der Waals surface area contributed by atoms with Crippen LogP contribution >= 0.6 is 86.4 Å². The lowest BCUT2D eigenvalue weighted by molar-refractivity contribution is -0.106. The average molecular weight is 1070 g/mol. The number of nitrogens with zero attached hydrogens (tertiary/aromatic N) is 4. The summed E-state index contributed by atoms with van der Waals surface area (Å²) < 4.78 is 26.0. The Labute approximate surface area is 433 Å². The van der Waals surface area contributed by atoms with Gasteiger partial charge in [0.15, 0.2) is 0 Å². The molecule has 0 bridgehead atoms. The third-order valence-electron chi connectivity index (χ3n) is 10.1. The van der Waals surface area contributed by atoms with Crippen LogP contribution in [0.15, 0.2) is 0 Å². The predicted molar refractivity (Wildman–Crippen MR) is 308 cm³/mol. The molecule has 0 heterocycles. The smallest absolute Gasteiger partial charge is 0.0637 e. The van der Waals surface area contributed by atoms with E-state index in [1.54, 1.807) is 0 Å². The standard InChI is InChI=1S/C45H100N8O4S8/c1-46-17-9-21-50(5)25-37-62-58-33-13-29-54-41-45(42-55-30-14-34-59-63-38-26-51(6)22-10-18-47-2,43-56-31-15-35-60-64-39-27-52(7)23-11-19-48-3)44-57-32-16-36-61-65-40-28-53(8)24-12-20-49-4/h46-49H,9-44H2,1-8H3. The van der Waals surface area contributed by atoms with Crippen LogP contribution < -0.4 is 21.3 Å². The van der Waals surface area contributed by atoms with Crippen LogP contribution in [-0.4, -0.2) is 253 Å². The van der Waals surface area contributed by atoms with Gasteiger partial charge in [0.05, 0.1) is 31.8 Å². The number of hydrogen-bond donors (Lipinski definition) is 4. The van der Waals surface area contributed by atoms with Crippen LogP contribution in [0.2, 0.25) is 0 Å². The first kappa shape index (κ1) is 67.3. The predicted octanol–water partition coefficient (Wildman–Crippen LogP) is 7.29. The van der Waals surface area contributed by atoms with Crippen molar-refractivity contribution in [2.24, 2.45) is 5.41 Å². The van der Waals surface area contributed by atoms with Crippen molar-refractivity contribution in [3.05, 3.63) is 0 Å². The molecule has 65 heavy (non-hydrogen) atoms. The van der Waals surface area contributed by atoms with E-state index in [9.17, 15) is 0 Å². The van der Waals surface area contributed by atoms with Gasteiger partial charge in [-0.15, -0.1) is 0 Å². The first-order valence-corrected chi connectivity index (χ1v) is 34.4. The van der Waals surface area contributed by atoms with Crippen molar-refractivity contribution in [1.82, 2.24) is 40.9 Å². The van der Waals surface area contributed by atoms with Gasteiger partial charge in [-0.25, -0.2) is 0 Å². The largest absolute Gasteiger partial charge is 0.381 e. The minimum absolute atomic E-state index is 0.334. The summed E-state index contributed by atoms with van der Waals surface area (Å²) in [6, 6.07) is 0. The van der Waals surface area contributed by atoms with Crippen molar-refractivity contribution >= 4 is 86.4 Å². The molecule has 0 aromatic carbocycles. The third kappa shape index (κ3) is 49.7. The minimum Gasteiger partial charge on any atom is -0.381 e. The van der Waals surface area contributed by atoms with Crippen molar-refractivity contribution in [2.75, 3.05) is 234 Å². The highest BCUT2D eigenvalue weighted by molar-refractivity contribution is 8.77. The van der Waals surface area contributed by atoms with Gasteiger partial charge in [-0.2, -0.15) is 0 Å². The summed E-state index contributed by atoms with van der Waals surface area (Å²) in [6.45, 7) is 18.8. The number of ether oxygens (including phenoxy) is 4. The summed E-state index contributed by atoms with van der Waals surface area (Å²) in [5.41, 5.74) is -0.334. The lowest BCUT2D eigenvalue weighted by Gasteiger charge is -2.33. The number of rotatable bonds is 56. The van der Waals surface area contributed by atoms with Crippen LogP contribution in [0, 0.1) is 5.41 Å². The van der Waals surface area contributed by atoms with E-state index in [0.29, 0.717) is 26.4 Å². The van der Waals surface area contributed by atoms with E-state index in [0.717, 1.165) is 177 Å². The Hall–Kier alpha value is 2.32. The van der Waals surface area contributed by atoms with Crippen LogP contribution in [0.4, 0.5) is 0 Å². The van der Waals surface area contributed by atoms with Crippen LogP contribution in [0.3, 0.4) is 0 Å². The Balaban J connectivity index is 5.12. The molecule has 0 aliphatic rings. The van der Waals surface area contributed by atoms with Crippen molar-refractivity contribution in [1.29, 1.82) is 0 Å². The summed E-state index contributed by atoms with van der Waals surface area (Å²) >= 11 is 0. The van der Waals surface area contributed by atoms with Gasteiger partial charge in [0.1, 0.15) is 0 Å². The van der Waals surface area contributed by atoms with Crippen molar-refractivity contribution in [2.45, 2.75) is 51.4 Å². The van der Waals surface area contributed by atoms with Crippen molar-refractivity contribution in [3.63, 3.8) is 0 Å². The quantitative estimate of drug-likeness (QED) is 0.0363. The first-order valence-electron chi connectivity index (χ1n) is 24.4. The maximum Gasteiger partial charge on any atom is 0.0637 e. The summed E-state index contributed by atoms with van der Waals surface area (Å²) in [5.74, 6) is 8.99. The summed E-state index contributed by atoms with van der Waals surface area (Å²) in [5, 5.41) is 13.0.